The Kier molecular flexibility index (Phi) is 4.62. The van der Waals surface area contributed by atoms with Gasteiger partial charge in [0, 0.05) is 12.7 Å². The molecule has 2 rings (SSSR count). The van der Waals surface area contributed by atoms with Gasteiger partial charge in [-0.25, -0.2) is 17.6 Å². The fraction of sp³-hybridized carbons (Fsp3) is 0.0714. The van der Waals surface area contributed by atoms with Gasteiger partial charge in [0.25, 0.3) is 10.0 Å². The molecule has 2 amide bonds. The van der Waals surface area contributed by atoms with Crippen molar-refractivity contribution in [1.29, 1.82) is 0 Å². The molecule has 116 valence electrons. The molecule has 0 saturated heterocycles. The quantitative estimate of drug-likeness (QED) is 0.807. The lowest BCUT2D eigenvalue weighted by atomic mass is 10.3. The predicted molar refractivity (Wildman–Crippen MR) is 81.7 cm³/mol. The fourth-order valence-electron chi connectivity index (χ4n) is 1.70. The molecule has 2 aromatic rings. The zero-order valence-corrected chi connectivity index (χ0v) is 12.4. The molecule has 3 N–H and O–H groups in total. The van der Waals surface area contributed by atoms with Crippen LogP contribution in [0.4, 0.5) is 20.6 Å². The maximum absolute atomic E-state index is 13.1. The molecule has 0 atom stereocenters. The molecule has 0 aliphatic rings. The van der Waals surface area contributed by atoms with Crippen LogP contribution in [0.15, 0.2) is 53.4 Å². The minimum atomic E-state index is -3.90. The van der Waals surface area contributed by atoms with Gasteiger partial charge in [0.05, 0.1) is 10.6 Å². The molecule has 0 bridgehead atoms. The Bertz CT molecular complexity index is 793. The van der Waals surface area contributed by atoms with Crippen LogP contribution in [0.2, 0.25) is 0 Å². The molecule has 22 heavy (non-hydrogen) atoms. The third-order valence-corrected chi connectivity index (χ3v) is 4.09. The zero-order valence-electron chi connectivity index (χ0n) is 11.6. The van der Waals surface area contributed by atoms with Gasteiger partial charge in [0.15, 0.2) is 0 Å². The molecule has 0 heterocycles. The Morgan fingerprint density at radius 1 is 1.05 bits per heavy atom. The summed E-state index contributed by atoms with van der Waals surface area (Å²) in [4.78, 5) is 11.1. The first kappa shape index (κ1) is 15.8. The number of sulfonamides is 1. The van der Waals surface area contributed by atoms with Crippen molar-refractivity contribution in [1.82, 2.24) is 5.32 Å². The predicted octanol–water partition coefficient (Wildman–Crippen LogP) is 2.38. The number of hydrogen-bond donors (Lipinski definition) is 3. The number of halogens is 1. The number of amides is 2. The van der Waals surface area contributed by atoms with Crippen LogP contribution in [0.25, 0.3) is 0 Å². The van der Waals surface area contributed by atoms with Crippen molar-refractivity contribution >= 4 is 27.4 Å². The number of carbonyl (C=O) groups excluding carboxylic acids is 1. The van der Waals surface area contributed by atoms with Crippen LogP contribution in [0.1, 0.15) is 0 Å². The van der Waals surface area contributed by atoms with Gasteiger partial charge in [-0.05, 0) is 36.4 Å². The molecule has 2 aromatic carbocycles. The lowest BCUT2D eigenvalue weighted by Gasteiger charge is -2.10. The standard InChI is InChI=1S/C14H14FN3O3S/c1-16-14(19)17-11-5-3-6-12(9-11)18-22(20,21)13-7-2-4-10(15)8-13/h2-9,18H,1H3,(H2,16,17,19). The fourth-order valence-corrected chi connectivity index (χ4v) is 2.78. The van der Waals surface area contributed by atoms with Crippen molar-refractivity contribution in [2.24, 2.45) is 0 Å². The van der Waals surface area contributed by atoms with Crippen molar-refractivity contribution in [3.8, 4) is 0 Å². The third kappa shape index (κ3) is 3.95. The molecule has 0 fully saturated rings. The highest BCUT2D eigenvalue weighted by atomic mass is 32.2. The summed E-state index contributed by atoms with van der Waals surface area (Å²) in [7, 11) is -2.44. The number of anilines is 2. The topological polar surface area (TPSA) is 87.3 Å². The van der Waals surface area contributed by atoms with Crippen LogP contribution < -0.4 is 15.4 Å². The second-order valence-electron chi connectivity index (χ2n) is 4.35. The smallest absolute Gasteiger partial charge is 0.318 e. The number of benzene rings is 2. The van der Waals surface area contributed by atoms with Crippen LogP contribution in [0.5, 0.6) is 0 Å². The summed E-state index contributed by atoms with van der Waals surface area (Å²) in [5.41, 5.74) is 0.664. The number of urea groups is 1. The van der Waals surface area contributed by atoms with Crippen molar-refractivity contribution in [3.05, 3.63) is 54.3 Å². The average Bonchev–Trinajstić information content (AvgIpc) is 2.47. The second kappa shape index (κ2) is 6.44. The zero-order chi connectivity index (χ0) is 16.2. The maximum atomic E-state index is 13.1. The van der Waals surface area contributed by atoms with Crippen molar-refractivity contribution in [2.45, 2.75) is 4.90 Å². The van der Waals surface area contributed by atoms with E-state index in [2.05, 4.69) is 15.4 Å². The summed E-state index contributed by atoms with van der Waals surface area (Å²) < 4.78 is 39.8. The molecule has 0 aliphatic heterocycles. The summed E-state index contributed by atoms with van der Waals surface area (Å²) in [5, 5.41) is 4.90. The van der Waals surface area contributed by atoms with E-state index in [1.54, 1.807) is 12.1 Å². The Balaban J connectivity index is 2.23. The van der Waals surface area contributed by atoms with Gasteiger partial charge in [-0.1, -0.05) is 12.1 Å². The number of carbonyl (C=O) groups is 1. The van der Waals surface area contributed by atoms with Crippen LogP contribution >= 0.6 is 0 Å². The molecule has 0 radical (unpaired) electrons. The largest absolute Gasteiger partial charge is 0.341 e. The van der Waals surface area contributed by atoms with E-state index in [4.69, 9.17) is 0 Å². The number of nitrogens with one attached hydrogen (secondary N) is 3. The minimum absolute atomic E-state index is 0.183. The molecule has 0 aliphatic carbocycles. The molecule has 0 spiro atoms. The monoisotopic (exact) mass is 323 g/mol. The first-order valence-corrected chi connectivity index (χ1v) is 7.76. The first-order chi connectivity index (χ1) is 10.4. The molecular formula is C14H14FN3O3S. The summed E-state index contributed by atoms with van der Waals surface area (Å²) in [6, 6.07) is 10.4. The van der Waals surface area contributed by atoms with E-state index in [0.29, 0.717) is 5.69 Å². The number of hydrogen-bond acceptors (Lipinski definition) is 3. The lowest BCUT2D eigenvalue weighted by molar-refractivity contribution is 0.254. The van der Waals surface area contributed by atoms with Crippen LogP contribution in [-0.2, 0) is 10.0 Å². The normalized spacial score (nSPS) is 10.8. The van der Waals surface area contributed by atoms with Gasteiger partial charge in [-0.2, -0.15) is 0 Å². The van der Waals surface area contributed by atoms with Gasteiger partial charge >= 0.3 is 6.03 Å². The molecule has 6 nitrogen and oxygen atoms in total. The molecule has 8 heteroatoms. The van der Waals surface area contributed by atoms with E-state index in [1.165, 1.54) is 31.3 Å². The van der Waals surface area contributed by atoms with E-state index in [9.17, 15) is 17.6 Å². The highest BCUT2D eigenvalue weighted by Crippen LogP contribution is 2.20. The van der Waals surface area contributed by atoms with E-state index >= 15 is 0 Å². The molecule has 0 saturated carbocycles. The SMILES string of the molecule is CNC(=O)Nc1cccc(NS(=O)(=O)c2cccc(F)c2)c1. The van der Waals surface area contributed by atoms with Crippen LogP contribution in [0, 0.1) is 5.82 Å². The highest BCUT2D eigenvalue weighted by Gasteiger charge is 2.15. The third-order valence-electron chi connectivity index (χ3n) is 2.71. The van der Waals surface area contributed by atoms with Crippen LogP contribution in [-0.4, -0.2) is 21.5 Å². The van der Waals surface area contributed by atoms with E-state index in [1.807, 2.05) is 0 Å². The van der Waals surface area contributed by atoms with Gasteiger partial charge in [0.1, 0.15) is 5.82 Å². The summed E-state index contributed by atoms with van der Waals surface area (Å²) in [6.45, 7) is 0. The highest BCUT2D eigenvalue weighted by molar-refractivity contribution is 7.92. The van der Waals surface area contributed by atoms with Gasteiger partial charge in [-0.15, -0.1) is 0 Å². The summed E-state index contributed by atoms with van der Waals surface area (Å²) >= 11 is 0. The van der Waals surface area contributed by atoms with Gasteiger partial charge in [0.2, 0.25) is 0 Å². The van der Waals surface area contributed by atoms with Crippen molar-refractivity contribution < 1.29 is 17.6 Å². The maximum Gasteiger partial charge on any atom is 0.318 e. The Labute approximate surface area is 127 Å². The Morgan fingerprint density at radius 3 is 2.41 bits per heavy atom. The average molecular weight is 323 g/mol. The van der Waals surface area contributed by atoms with E-state index < -0.39 is 21.9 Å². The van der Waals surface area contributed by atoms with E-state index in [-0.39, 0.29) is 10.6 Å². The molecule has 0 unspecified atom stereocenters. The van der Waals surface area contributed by atoms with Gasteiger partial charge < -0.3 is 10.6 Å². The second-order valence-corrected chi connectivity index (χ2v) is 6.03. The number of rotatable bonds is 4. The summed E-state index contributed by atoms with van der Waals surface area (Å²) in [5.74, 6) is -0.641. The lowest BCUT2D eigenvalue weighted by Crippen LogP contribution is -2.24. The molecular weight excluding hydrogens is 309 g/mol. The van der Waals surface area contributed by atoms with Crippen molar-refractivity contribution in [3.63, 3.8) is 0 Å². The van der Waals surface area contributed by atoms with Gasteiger partial charge in [-0.3, -0.25) is 4.72 Å². The minimum Gasteiger partial charge on any atom is -0.341 e. The van der Waals surface area contributed by atoms with Crippen LogP contribution in [0.3, 0.4) is 0 Å². The Hall–Kier alpha value is -2.61. The Morgan fingerprint density at radius 2 is 1.73 bits per heavy atom. The molecule has 0 aromatic heterocycles. The van der Waals surface area contributed by atoms with E-state index in [0.717, 1.165) is 12.1 Å². The van der Waals surface area contributed by atoms with Crippen molar-refractivity contribution in [2.75, 3.05) is 17.1 Å². The first-order valence-electron chi connectivity index (χ1n) is 6.28. The summed E-state index contributed by atoms with van der Waals surface area (Å²) in [6.07, 6.45) is 0.